The van der Waals surface area contributed by atoms with E-state index in [-0.39, 0.29) is 17.6 Å². The molecule has 2 nitrogen and oxygen atoms in total. The van der Waals surface area contributed by atoms with E-state index in [2.05, 4.69) is 34.6 Å². The van der Waals surface area contributed by atoms with E-state index in [1.807, 2.05) is 0 Å². The molecular weight excluding hydrogens is 188 g/mol. The molecule has 0 aromatic rings. The quantitative estimate of drug-likeness (QED) is 0.762. The average Bonchev–Trinajstić information content (AvgIpc) is 2.14. The second kappa shape index (κ2) is 4.84. The van der Waals surface area contributed by atoms with Crippen LogP contribution < -0.4 is 0 Å². The molecule has 0 bridgehead atoms. The third-order valence-corrected chi connectivity index (χ3v) is 3.90. The van der Waals surface area contributed by atoms with Gasteiger partial charge in [0.1, 0.15) is 0 Å². The van der Waals surface area contributed by atoms with E-state index in [1.165, 1.54) is 0 Å². The van der Waals surface area contributed by atoms with Crippen molar-refractivity contribution in [2.24, 2.45) is 11.3 Å². The lowest BCUT2D eigenvalue weighted by atomic mass is 9.63. The third kappa shape index (κ3) is 2.73. The van der Waals surface area contributed by atoms with Gasteiger partial charge >= 0.3 is 0 Å². The summed E-state index contributed by atoms with van der Waals surface area (Å²) in [6.45, 7) is 10.8. The van der Waals surface area contributed by atoms with Crippen LogP contribution in [-0.2, 0) is 4.74 Å². The Morgan fingerprint density at radius 2 is 2.00 bits per heavy atom. The monoisotopic (exact) mass is 214 g/mol. The molecule has 1 aliphatic carbocycles. The normalized spacial score (nSPS) is 37.8. The van der Waals surface area contributed by atoms with Gasteiger partial charge in [-0.05, 0) is 25.7 Å². The Morgan fingerprint density at radius 3 is 2.40 bits per heavy atom. The second-order valence-electron chi connectivity index (χ2n) is 5.68. The van der Waals surface area contributed by atoms with Crippen molar-refractivity contribution in [1.29, 1.82) is 0 Å². The van der Waals surface area contributed by atoms with Gasteiger partial charge in [-0.25, -0.2) is 0 Å². The molecule has 0 saturated heterocycles. The van der Waals surface area contributed by atoms with Crippen LogP contribution in [0, 0.1) is 11.3 Å². The van der Waals surface area contributed by atoms with Crippen molar-refractivity contribution in [2.45, 2.75) is 72.2 Å². The summed E-state index contributed by atoms with van der Waals surface area (Å²) in [6.07, 6.45) is 3.31. The molecule has 15 heavy (non-hydrogen) atoms. The highest BCUT2D eigenvalue weighted by atomic mass is 16.5. The van der Waals surface area contributed by atoms with E-state index >= 15 is 0 Å². The zero-order valence-corrected chi connectivity index (χ0v) is 10.8. The number of hydrogen-bond acceptors (Lipinski definition) is 2. The lowest BCUT2D eigenvalue weighted by Gasteiger charge is -2.51. The summed E-state index contributed by atoms with van der Waals surface area (Å²) < 4.78 is 6.01. The highest BCUT2D eigenvalue weighted by Gasteiger charge is 2.50. The Kier molecular flexibility index (Phi) is 4.19. The minimum absolute atomic E-state index is 0.00869. The zero-order chi connectivity index (χ0) is 11.6. The van der Waals surface area contributed by atoms with Crippen LogP contribution in [0.1, 0.15) is 53.9 Å². The van der Waals surface area contributed by atoms with Crippen molar-refractivity contribution >= 4 is 0 Å². The van der Waals surface area contributed by atoms with Crippen LogP contribution in [0.5, 0.6) is 0 Å². The lowest BCUT2D eigenvalue weighted by molar-refractivity contribution is -0.203. The Balaban J connectivity index is 2.40. The van der Waals surface area contributed by atoms with Crippen LogP contribution in [0.25, 0.3) is 0 Å². The number of ether oxygens (including phenoxy) is 1. The molecule has 4 unspecified atom stereocenters. The molecule has 0 aliphatic heterocycles. The molecule has 4 atom stereocenters. The third-order valence-electron chi connectivity index (χ3n) is 3.90. The van der Waals surface area contributed by atoms with E-state index in [0.717, 1.165) is 19.3 Å². The summed E-state index contributed by atoms with van der Waals surface area (Å²) in [5.41, 5.74) is -0.00869. The first-order valence-corrected chi connectivity index (χ1v) is 6.23. The molecule has 0 aromatic heterocycles. The van der Waals surface area contributed by atoms with Crippen LogP contribution in [0.2, 0.25) is 0 Å². The van der Waals surface area contributed by atoms with Gasteiger partial charge in [0.15, 0.2) is 0 Å². The summed E-state index contributed by atoms with van der Waals surface area (Å²) >= 11 is 0. The van der Waals surface area contributed by atoms with Crippen LogP contribution >= 0.6 is 0 Å². The molecular formula is C13H26O2. The topological polar surface area (TPSA) is 29.5 Å². The molecule has 2 heteroatoms. The molecule has 0 amide bonds. The van der Waals surface area contributed by atoms with Gasteiger partial charge in [0.2, 0.25) is 0 Å². The molecule has 0 spiro atoms. The van der Waals surface area contributed by atoms with Crippen molar-refractivity contribution in [3.8, 4) is 0 Å². The summed E-state index contributed by atoms with van der Waals surface area (Å²) in [6, 6.07) is 0. The first-order chi connectivity index (χ1) is 6.90. The van der Waals surface area contributed by atoms with Gasteiger partial charge in [-0.15, -0.1) is 0 Å². The van der Waals surface area contributed by atoms with E-state index < -0.39 is 0 Å². The van der Waals surface area contributed by atoms with Crippen LogP contribution in [-0.4, -0.2) is 23.4 Å². The van der Waals surface area contributed by atoms with E-state index in [4.69, 9.17) is 4.74 Å². The fraction of sp³-hybridized carbons (Fsp3) is 1.00. The SMILES string of the molecule is CCC1(C)C(O)CC1OC(C)CC(C)C. The zero-order valence-electron chi connectivity index (χ0n) is 10.8. The number of hydrogen-bond donors (Lipinski definition) is 1. The largest absolute Gasteiger partial charge is 0.392 e. The highest BCUT2D eigenvalue weighted by Crippen LogP contribution is 2.46. The predicted molar refractivity (Wildman–Crippen MR) is 62.8 cm³/mol. The number of aliphatic hydroxyl groups excluding tert-OH is 1. The molecule has 90 valence electrons. The van der Waals surface area contributed by atoms with Crippen molar-refractivity contribution in [3.05, 3.63) is 0 Å². The van der Waals surface area contributed by atoms with Crippen molar-refractivity contribution in [1.82, 2.24) is 0 Å². The molecule has 1 aliphatic rings. The Labute approximate surface area is 94.0 Å². The maximum absolute atomic E-state index is 9.75. The number of aliphatic hydroxyl groups is 1. The first kappa shape index (κ1) is 13.0. The molecule has 1 saturated carbocycles. The minimum atomic E-state index is -0.168. The standard InChI is InChI=1S/C13H26O2/c1-6-13(5)11(14)8-12(13)15-10(4)7-9(2)3/h9-12,14H,6-8H2,1-5H3. The van der Waals surface area contributed by atoms with E-state index in [9.17, 15) is 5.11 Å². The van der Waals surface area contributed by atoms with Gasteiger partial charge in [-0.1, -0.05) is 27.7 Å². The maximum atomic E-state index is 9.75. The van der Waals surface area contributed by atoms with Crippen LogP contribution in [0.15, 0.2) is 0 Å². The summed E-state index contributed by atoms with van der Waals surface area (Å²) in [5.74, 6) is 0.679. The summed E-state index contributed by atoms with van der Waals surface area (Å²) in [4.78, 5) is 0. The first-order valence-electron chi connectivity index (χ1n) is 6.23. The van der Waals surface area contributed by atoms with Gasteiger partial charge in [0, 0.05) is 11.8 Å². The maximum Gasteiger partial charge on any atom is 0.0681 e. The fourth-order valence-corrected chi connectivity index (χ4v) is 2.47. The Bertz CT molecular complexity index is 203. The predicted octanol–water partition coefficient (Wildman–Crippen LogP) is 2.99. The summed E-state index contributed by atoms with van der Waals surface area (Å²) in [7, 11) is 0. The molecule has 0 heterocycles. The van der Waals surface area contributed by atoms with Gasteiger partial charge < -0.3 is 9.84 Å². The van der Waals surface area contributed by atoms with Gasteiger partial charge in [-0.2, -0.15) is 0 Å². The van der Waals surface area contributed by atoms with Gasteiger partial charge in [0.25, 0.3) is 0 Å². The van der Waals surface area contributed by atoms with Crippen molar-refractivity contribution in [2.75, 3.05) is 0 Å². The minimum Gasteiger partial charge on any atom is -0.392 e. The Morgan fingerprint density at radius 1 is 1.40 bits per heavy atom. The Hall–Kier alpha value is -0.0800. The van der Waals surface area contributed by atoms with Crippen LogP contribution in [0.3, 0.4) is 0 Å². The number of rotatable bonds is 5. The van der Waals surface area contributed by atoms with E-state index in [1.54, 1.807) is 0 Å². The molecule has 0 radical (unpaired) electrons. The lowest BCUT2D eigenvalue weighted by Crippen LogP contribution is -2.56. The molecule has 1 N–H and O–H groups in total. The summed E-state index contributed by atoms with van der Waals surface area (Å²) in [5, 5.41) is 9.75. The molecule has 1 rings (SSSR count). The van der Waals surface area contributed by atoms with Crippen LogP contribution in [0.4, 0.5) is 0 Å². The van der Waals surface area contributed by atoms with E-state index in [0.29, 0.717) is 12.0 Å². The molecule has 1 fully saturated rings. The van der Waals surface area contributed by atoms with Crippen molar-refractivity contribution < 1.29 is 9.84 Å². The molecule has 0 aromatic carbocycles. The van der Waals surface area contributed by atoms with Crippen molar-refractivity contribution in [3.63, 3.8) is 0 Å². The second-order valence-corrected chi connectivity index (χ2v) is 5.68. The highest BCUT2D eigenvalue weighted by molar-refractivity contribution is 5.00. The fourth-order valence-electron chi connectivity index (χ4n) is 2.47. The van der Waals surface area contributed by atoms with Gasteiger partial charge in [-0.3, -0.25) is 0 Å². The average molecular weight is 214 g/mol. The van der Waals surface area contributed by atoms with Gasteiger partial charge in [0.05, 0.1) is 18.3 Å². The smallest absolute Gasteiger partial charge is 0.0681 e.